The average Bonchev–Trinajstić information content (AvgIpc) is 2.83. The summed E-state index contributed by atoms with van der Waals surface area (Å²) in [5, 5.41) is 2.71. The summed E-state index contributed by atoms with van der Waals surface area (Å²) < 4.78 is 5.35. The molecule has 0 aliphatic carbocycles. The van der Waals surface area contributed by atoms with Gasteiger partial charge >= 0.3 is 0 Å². The molecule has 3 rings (SSSR count). The second-order valence-electron chi connectivity index (χ2n) is 6.95. The van der Waals surface area contributed by atoms with Gasteiger partial charge in [-0.1, -0.05) is 42.5 Å². The lowest BCUT2D eigenvalue weighted by atomic mass is 10.0. The van der Waals surface area contributed by atoms with Crippen molar-refractivity contribution in [2.75, 3.05) is 11.9 Å². The normalized spacial score (nSPS) is 10.2. The van der Waals surface area contributed by atoms with Crippen LogP contribution < -0.4 is 20.9 Å². The van der Waals surface area contributed by atoms with Crippen molar-refractivity contribution in [2.24, 2.45) is 0 Å². The minimum absolute atomic E-state index is 0.0132. The highest BCUT2D eigenvalue weighted by Crippen LogP contribution is 2.19. The Morgan fingerprint density at radius 2 is 1.34 bits per heavy atom. The molecule has 0 radical (unpaired) electrons. The van der Waals surface area contributed by atoms with Crippen molar-refractivity contribution in [3.63, 3.8) is 0 Å². The summed E-state index contributed by atoms with van der Waals surface area (Å²) in [5.74, 6) is -0.472. The first-order chi connectivity index (χ1) is 15.5. The number of ether oxygens (including phenoxy) is 1. The fourth-order valence-electron chi connectivity index (χ4n) is 2.96. The third-order valence-corrected chi connectivity index (χ3v) is 4.60. The maximum absolute atomic E-state index is 12.2. The molecular weight excluding hydrogens is 406 g/mol. The average molecular weight is 431 g/mol. The first kappa shape index (κ1) is 22.6. The summed E-state index contributed by atoms with van der Waals surface area (Å²) in [6.07, 6.45) is -0.0726. The summed E-state index contributed by atoms with van der Waals surface area (Å²) in [6, 6.07) is 23.9. The van der Waals surface area contributed by atoms with E-state index in [0.29, 0.717) is 17.9 Å². The van der Waals surface area contributed by atoms with E-state index in [1.807, 2.05) is 49.4 Å². The molecule has 0 saturated heterocycles. The number of carbonyl (C=O) groups excluding carboxylic acids is 3. The molecule has 0 heterocycles. The zero-order valence-electron chi connectivity index (χ0n) is 17.8. The number of carbonyl (C=O) groups is 3. The lowest BCUT2D eigenvalue weighted by molar-refractivity contribution is -0.124. The predicted octanol–water partition coefficient (Wildman–Crippen LogP) is 3.93. The zero-order valence-corrected chi connectivity index (χ0v) is 17.8. The van der Waals surface area contributed by atoms with E-state index in [9.17, 15) is 14.4 Å². The molecule has 0 spiro atoms. The van der Waals surface area contributed by atoms with Crippen LogP contribution in [0.25, 0.3) is 11.1 Å². The monoisotopic (exact) mass is 431 g/mol. The van der Waals surface area contributed by atoms with Crippen molar-refractivity contribution >= 4 is 23.4 Å². The fourth-order valence-corrected chi connectivity index (χ4v) is 2.96. The van der Waals surface area contributed by atoms with E-state index in [4.69, 9.17) is 4.74 Å². The van der Waals surface area contributed by atoms with Gasteiger partial charge in [0.1, 0.15) is 5.75 Å². The molecule has 164 valence electrons. The topological polar surface area (TPSA) is 96.5 Å². The number of benzene rings is 3. The lowest BCUT2D eigenvalue weighted by Gasteiger charge is -2.09. The minimum atomic E-state index is -0.457. The van der Waals surface area contributed by atoms with E-state index in [1.54, 1.807) is 36.4 Å². The smallest absolute Gasteiger partial charge is 0.269 e. The van der Waals surface area contributed by atoms with E-state index >= 15 is 0 Å². The van der Waals surface area contributed by atoms with Gasteiger partial charge in [0.15, 0.2) is 0 Å². The highest BCUT2D eigenvalue weighted by atomic mass is 16.5. The Morgan fingerprint density at radius 3 is 2.00 bits per heavy atom. The van der Waals surface area contributed by atoms with Gasteiger partial charge in [-0.2, -0.15) is 0 Å². The first-order valence-corrected chi connectivity index (χ1v) is 10.3. The Balaban J connectivity index is 1.40. The molecule has 3 aromatic rings. The molecule has 7 nitrogen and oxygen atoms in total. The molecule has 0 bridgehead atoms. The van der Waals surface area contributed by atoms with Gasteiger partial charge in [-0.15, -0.1) is 0 Å². The van der Waals surface area contributed by atoms with E-state index in [1.165, 1.54) is 0 Å². The molecule has 7 heteroatoms. The van der Waals surface area contributed by atoms with E-state index in [0.717, 1.165) is 16.9 Å². The van der Waals surface area contributed by atoms with E-state index < -0.39 is 11.8 Å². The summed E-state index contributed by atoms with van der Waals surface area (Å²) in [4.78, 5) is 36.2. The summed E-state index contributed by atoms with van der Waals surface area (Å²) in [5.41, 5.74) is 7.77. The molecular formula is C25H25N3O4. The molecule has 0 aliphatic heterocycles. The van der Waals surface area contributed by atoms with Crippen molar-refractivity contribution in [3.8, 4) is 16.9 Å². The van der Waals surface area contributed by atoms with Crippen LogP contribution in [-0.2, 0) is 9.59 Å². The second kappa shape index (κ2) is 11.3. The van der Waals surface area contributed by atoms with Gasteiger partial charge in [0.05, 0.1) is 6.61 Å². The Morgan fingerprint density at radius 1 is 0.719 bits per heavy atom. The van der Waals surface area contributed by atoms with Gasteiger partial charge in [0.2, 0.25) is 11.8 Å². The van der Waals surface area contributed by atoms with Gasteiger partial charge in [-0.05, 0) is 54.4 Å². The summed E-state index contributed by atoms with van der Waals surface area (Å²) in [7, 11) is 0. The van der Waals surface area contributed by atoms with E-state index in [2.05, 4.69) is 16.2 Å². The standard InChI is InChI=1S/C25H25N3O4/c1-2-32-22-14-12-21(13-15-22)26-23(29)16-17-24(30)27-28-25(31)20-10-8-19(9-11-20)18-6-4-3-5-7-18/h3-15H,2,16-17H2,1H3,(H,26,29)(H,27,30)(H,28,31). The van der Waals surface area contributed by atoms with Crippen LogP contribution in [-0.4, -0.2) is 24.3 Å². The van der Waals surface area contributed by atoms with Crippen molar-refractivity contribution in [3.05, 3.63) is 84.4 Å². The first-order valence-electron chi connectivity index (χ1n) is 10.3. The van der Waals surface area contributed by atoms with Gasteiger partial charge < -0.3 is 10.1 Å². The van der Waals surface area contributed by atoms with Crippen molar-refractivity contribution in [1.82, 2.24) is 10.9 Å². The summed E-state index contributed by atoms with van der Waals surface area (Å²) >= 11 is 0. The van der Waals surface area contributed by atoms with Gasteiger partial charge in [-0.3, -0.25) is 25.2 Å². The number of hydrogen-bond donors (Lipinski definition) is 3. The van der Waals surface area contributed by atoms with Crippen LogP contribution in [0.3, 0.4) is 0 Å². The van der Waals surface area contributed by atoms with Crippen LogP contribution in [0.5, 0.6) is 5.75 Å². The molecule has 3 aromatic carbocycles. The van der Waals surface area contributed by atoms with Crippen LogP contribution in [0, 0.1) is 0 Å². The SMILES string of the molecule is CCOc1ccc(NC(=O)CCC(=O)NNC(=O)c2ccc(-c3ccccc3)cc2)cc1. The van der Waals surface area contributed by atoms with Gasteiger partial charge in [0, 0.05) is 24.1 Å². The molecule has 0 saturated carbocycles. The number of anilines is 1. The van der Waals surface area contributed by atoms with Crippen LogP contribution in [0.1, 0.15) is 30.1 Å². The van der Waals surface area contributed by atoms with Crippen LogP contribution in [0.2, 0.25) is 0 Å². The maximum atomic E-state index is 12.2. The molecule has 0 unspecified atom stereocenters. The molecule has 0 atom stereocenters. The maximum Gasteiger partial charge on any atom is 0.269 e. The molecule has 0 fully saturated rings. The third-order valence-electron chi connectivity index (χ3n) is 4.60. The second-order valence-corrected chi connectivity index (χ2v) is 6.95. The molecule has 32 heavy (non-hydrogen) atoms. The Kier molecular flexibility index (Phi) is 7.97. The molecule has 3 N–H and O–H groups in total. The minimum Gasteiger partial charge on any atom is -0.494 e. The highest BCUT2D eigenvalue weighted by Gasteiger charge is 2.10. The van der Waals surface area contributed by atoms with Crippen molar-refractivity contribution in [2.45, 2.75) is 19.8 Å². The number of hydrogen-bond acceptors (Lipinski definition) is 4. The quantitative estimate of drug-likeness (QED) is 0.471. The number of hydrazine groups is 1. The fraction of sp³-hybridized carbons (Fsp3) is 0.160. The Hall–Kier alpha value is -4.13. The van der Waals surface area contributed by atoms with Gasteiger partial charge in [0.25, 0.3) is 5.91 Å². The van der Waals surface area contributed by atoms with Crippen LogP contribution in [0.4, 0.5) is 5.69 Å². The molecule has 3 amide bonds. The zero-order chi connectivity index (χ0) is 22.8. The van der Waals surface area contributed by atoms with Crippen LogP contribution >= 0.6 is 0 Å². The third kappa shape index (κ3) is 6.70. The number of rotatable bonds is 8. The van der Waals surface area contributed by atoms with Crippen molar-refractivity contribution < 1.29 is 19.1 Å². The predicted molar refractivity (Wildman–Crippen MR) is 123 cm³/mol. The van der Waals surface area contributed by atoms with Crippen LogP contribution in [0.15, 0.2) is 78.9 Å². The Labute approximate surface area is 186 Å². The van der Waals surface area contributed by atoms with E-state index in [-0.39, 0.29) is 18.7 Å². The molecule has 0 aliphatic rings. The largest absolute Gasteiger partial charge is 0.494 e. The molecule has 0 aromatic heterocycles. The highest BCUT2D eigenvalue weighted by molar-refractivity contribution is 5.96. The Bertz CT molecular complexity index is 1050. The lowest BCUT2D eigenvalue weighted by Crippen LogP contribution is -2.41. The number of nitrogens with one attached hydrogen (secondary N) is 3. The van der Waals surface area contributed by atoms with Gasteiger partial charge in [-0.25, -0.2) is 0 Å². The summed E-state index contributed by atoms with van der Waals surface area (Å²) in [6.45, 7) is 2.46. The van der Waals surface area contributed by atoms with Crippen molar-refractivity contribution in [1.29, 1.82) is 0 Å². The number of amides is 3.